The van der Waals surface area contributed by atoms with Crippen molar-refractivity contribution >= 4 is 52.3 Å². The van der Waals surface area contributed by atoms with E-state index in [1.54, 1.807) is 35.2 Å². The van der Waals surface area contributed by atoms with E-state index in [0.29, 0.717) is 47.5 Å². The Morgan fingerprint density at radius 1 is 0.941 bits per heavy atom. The van der Waals surface area contributed by atoms with Gasteiger partial charge < -0.3 is 20.4 Å². The quantitative estimate of drug-likeness (QED) is 0.630. The van der Waals surface area contributed by atoms with Crippen molar-refractivity contribution in [3.8, 4) is 0 Å². The van der Waals surface area contributed by atoms with Gasteiger partial charge in [-0.05, 0) is 35.7 Å². The molecule has 0 radical (unpaired) electrons. The first-order valence-electron chi connectivity index (χ1n) is 11.1. The molecule has 1 fully saturated rings. The molecule has 2 aromatic carbocycles. The molecule has 1 aliphatic rings. The Labute approximate surface area is 210 Å². The topological polar surface area (TPSA) is 81.8 Å². The molecule has 1 heterocycles. The monoisotopic (exact) mass is 504 g/mol. The molecule has 7 nitrogen and oxygen atoms in total. The normalized spacial score (nSPS) is 15.0. The summed E-state index contributed by atoms with van der Waals surface area (Å²) in [6.45, 7) is 9.45. The van der Waals surface area contributed by atoms with Crippen molar-refractivity contribution in [2.75, 3.05) is 36.4 Å². The van der Waals surface area contributed by atoms with E-state index in [1.165, 1.54) is 6.92 Å². The second-order valence-electron chi connectivity index (χ2n) is 9.41. The van der Waals surface area contributed by atoms with Crippen molar-refractivity contribution in [3.63, 3.8) is 0 Å². The Morgan fingerprint density at radius 2 is 1.59 bits per heavy atom. The average Bonchev–Trinajstić information content (AvgIpc) is 2.78. The molecular formula is C25H30Cl2N4O3. The second-order valence-corrected chi connectivity index (χ2v) is 10.2. The number of nitrogens with one attached hydrogen (secondary N) is 2. The fourth-order valence-corrected chi connectivity index (χ4v) is 4.18. The zero-order valence-electron chi connectivity index (χ0n) is 19.8. The lowest BCUT2D eigenvalue weighted by Crippen LogP contribution is -2.58. The minimum Gasteiger partial charge on any atom is -0.368 e. The lowest BCUT2D eigenvalue weighted by atomic mass is 9.85. The molecule has 0 spiro atoms. The summed E-state index contributed by atoms with van der Waals surface area (Å²) in [7, 11) is 0. The van der Waals surface area contributed by atoms with Gasteiger partial charge in [0.2, 0.25) is 11.8 Å². The van der Waals surface area contributed by atoms with Gasteiger partial charge in [-0.2, -0.15) is 0 Å². The Hall–Kier alpha value is -2.77. The van der Waals surface area contributed by atoms with Crippen LogP contribution in [0.5, 0.6) is 0 Å². The Bertz CT molecular complexity index is 1080. The summed E-state index contributed by atoms with van der Waals surface area (Å²) in [6, 6.07) is 11.5. The standard InChI is InChI=1S/C25H30Cl2N4O3/c1-16(32)28-21-8-6-5-7-18(21)23(33)29-22(25(2,3)4)24(34)31-13-11-30(12-14-31)17-9-10-19(26)20(27)15-17/h5-10,15,22H,11-14H2,1-4H3,(H,28,32)(H,29,33)/t22-/m0/s1. The van der Waals surface area contributed by atoms with Gasteiger partial charge in [-0.3, -0.25) is 14.4 Å². The molecule has 0 unspecified atom stereocenters. The first kappa shape index (κ1) is 25.8. The number of nitrogens with zero attached hydrogens (tertiary/aromatic N) is 2. The number of benzene rings is 2. The van der Waals surface area contributed by atoms with Crippen LogP contribution in [0, 0.1) is 5.41 Å². The van der Waals surface area contributed by atoms with Crippen LogP contribution in [0.3, 0.4) is 0 Å². The molecule has 0 aromatic heterocycles. The fraction of sp³-hybridized carbons (Fsp3) is 0.400. The lowest BCUT2D eigenvalue weighted by Gasteiger charge is -2.40. The van der Waals surface area contributed by atoms with E-state index in [0.717, 1.165) is 5.69 Å². The zero-order chi connectivity index (χ0) is 25.0. The molecule has 3 rings (SSSR count). The lowest BCUT2D eigenvalue weighted by molar-refractivity contribution is -0.136. The first-order chi connectivity index (χ1) is 16.0. The van der Waals surface area contributed by atoms with E-state index in [4.69, 9.17) is 23.2 Å². The van der Waals surface area contributed by atoms with Crippen LogP contribution >= 0.6 is 23.2 Å². The Kier molecular flexibility index (Phi) is 8.10. The molecule has 0 saturated carbocycles. The molecule has 0 aliphatic carbocycles. The third kappa shape index (κ3) is 6.21. The van der Waals surface area contributed by atoms with Crippen molar-refractivity contribution in [2.45, 2.75) is 33.7 Å². The maximum absolute atomic E-state index is 13.5. The SMILES string of the molecule is CC(=O)Nc1ccccc1C(=O)N[C@@H](C(=O)N1CCN(c2ccc(Cl)c(Cl)c2)CC1)C(C)(C)C. The molecule has 0 bridgehead atoms. The Balaban J connectivity index is 1.72. The van der Waals surface area contributed by atoms with Gasteiger partial charge in [0.1, 0.15) is 6.04 Å². The minimum absolute atomic E-state index is 0.133. The van der Waals surface area contributed by atoms with E-state index in [1.807, 2.05) is 32.9 Å². The van der Waals surface area contributed by atoms with Gasteiger partial charge in [0.25, 0.3) is 5.91 Å². The number of hydrogen-bond acceptors (Lipinski definition) is 4. The van der Waals surface area contributed by atoms with Crippen LogP contribution < -0.4 is 15.5 Å². The number of para-hydroxylation sites is 1. The first-order valence-corrected chi connectivity index (χ1v) is 11.9. The van der Waals surface area contributed by atoms with Crippen molar-refractivity contribution in [2.24, 2.45) is 5.41 Å². The molecule has 1 saturated heterocycles. The van der Waals surface area contributed by atoms with Crippen LogP contribution in [0.4, 0.5) is 11.4 Å². The van der Waals surface area contributed by atoms with Crippen LogP contribution in [0.1, 0.15) is 38.1 Å². The number of halogens is 2. The highest BCUT2D eigenvalue weighted by atomic mass is 35.5. The predicted molar refractivity (Wildman–Crippen MR) is 137 cm³/mol. The van der Waals surface area contributed by atoms with Crippen LogP contribution in [0.25, 0.3) is 0 Å². The van der Waals surface area contributed by atoms with Crippen LogP contribution in [0.15, 0.2) is 42.5 Å². The van der Waals surface area contributed by atoms with Crippen molar-refractivity contribution < 1.29 is 14.4 Å². The summed E-state index contributed by atoms with van der Waals surface area (Å²) in [5.41, 5.74) is 1.15. The highest BCUT2D eigenvalue weighted by Gasteiger charge is 2.37. The van der Waals surface area contributed by atoms with Gasteiger partial charge in [0, 0.05) is 38.8 Å². The van der Waals surface area contributed by atoms with E-state index in [-0.39, 0.29) is 11.8 Å². The van der Waals surface area contributed by atoms with Gasteiger partial charge in [-0.25, -0.2) is 0 Å². The van der Waals surface area contributed by atoms with Crippen LogP contribution in [0.2, 0.25) is 10.0 Å². The third-order valence-corrected chi connectivity index (χ3v) is 6.47. The maximum atomic E-state index is 13.5. The van der Waals surface area contributed by atoms with Gasteiger partial charge in [0.05, 0.1) is 21.3 Å². The number of hydrogen-bond donors (Lipinski definition) is 2. The van der Waals surface area contributed by atoms with Crippen molar-refractivity contribution in [3.05, 3.63) is 58.1 Å². The largest absolute Gasteiger partial charge is 0.368 e. The number of carbonyl (C=O) groups excluding carboxylic acids is 3. The van der Waals surface area contributed by atoms with Crippen molar-refractivity contribution in [1.29, 1.82) is 0 Å². The van der Waals surface area contributed by atoms with Crippen molar-refractivity contribution in [1.82, 2.24) is 10.2 Å². The number of rotatable bonds is 5. The molecule has 2 N–H and O–H groups in total. The minimum atomic E-state index is -0.734. The molecule has 9 heteroatoms. The fourth-order valence-electron chi connectivity index (χ4n) is 3.89. The summed E-state index contributed by atoms with van der Waals surface area (Å²) in [4.78, 5) is 42.1. The summed E-state index contributed by atoms with van der Waals surface area (Å²) in [5.74, 6) is -0.817. The molecule has 3 amide bonds. The summed E-state index contributed by atoms with van der Waals surface area (Å²) in [6.07, 6.45) is 0. The number of piperazine rings is 1. The second kappa shape index (κ2) is 10.7. The summed E-state index contributed by atoms with van der Waals surface area (Å²) < 4.78 is 0. The van der Waals surface area contributed by atoms with E-state index < -0.39 is 17.4 Å². The average molecular weight is 505 g/mol. The van der Waals surface area contributed by atoms with Gasteiger partial charge in [0.15, 0.2) is 0 Å². The van der Waals surface area contributed by atoms with Gasteiger partial charge >= 0.3 is 0 Å². The number of anilines is 2. The Morgan fingerprint density at radius 3 is 2.18 bits per heavy atom. The van der Waals surface area contributed by atoms with E-state index >= 15 is 0 Å². The smallest absolute Gasteiger partial charge is 0.254 e. The van der Waals surface area contributed by atoms with Gasteiger partial charge in [-0.15, -0.1) is 0 Å². The van der Waals surface area contributed by atoms with Crippen LogP contribution in [-0.2, 0) is 9.59 Å². The molecule has 34 heavy (non-hydrogen) atoms. The predicted octanol–water partition coefficient (Wildman–Crippen LogP) is 4.45. The molecule has 2 aromatic rings. The van der Waals surface area contributed by atoms with Gasteiger partial charge in [-0.1, -0.05) is 56.1 Å². The van der Waals surface area contributed by atoms with E-state index in [2.05, 4.69) is 15.5 Å². The highest BCUT2D eigenvalue weighted by molar-refractivity contribution is 6.42. The molecule has 182 valence electrons. The molecule has 1 atom stereocenters. The summed E-state index contributed by atoms with van der Waals surface area (Å²) >= 11 is 12.2. The highest BCUT2D eigenvalue weighted by Crippen LogP contribution is 2.28. The summed E-state index contributed by atoms with van der Waals surface area (Å²) in [5, 5.41) is 6.58. The molecular weight excluding hydrogens is 475 g/mol. The number of amides is 3. The zero-order valence-corrected chi connectivity index (χ0v) is 21.3. The molecule has 1 aliphatic heterocycles. The van der Waals surface area contributed by atoms with Crippen LogP contribution in [-0.4, -0.2) is 54.8 Å². The third-order valence-electron chi connectivity index (χ3n) is 5.73. The number of carbonyl (C=O) groups is 3. The van der Waals surface area contributed by atoms with E-state index in [9.17, 15) is 14.4 Å². The maximum Gasteiger partial charge on any atom is 0.254 e.